The molecule has 174 valence electrons. The van der Waals surface area contributed by atoms with Crippen LogP contribution in [0.4, 0.5) is 4.79 Å². The predicted octanol–water partition coefficient (Wildman–Crippen LogP) is 5.36. The van der Waals surface area contributed by atoms with E-state index in [1.54, 1.807) is 0 Å². The van der Waals surface area contributed by atoms with Crippen molar-refractivity contribution < 1.29 is 9.59 Å². The first-order valence-electron chi connectivity index (χ1n) is 12.0. The molecule has 2 aromatic rings. The minimum Gasteiger partial charge on any atom is -0.335 e. The van der Waals surface area contributed by atoms with Crippen molar-refractivity contribution in [3.05, 3.63) is 71.8 Å². The Morgan fingerprint density at radius 2 is 1.58 bits per heavy atom. The largest absolute Gasteiger partial charge is 0.335 e. The zero-order valence-corrected chi connectivity index (χ0v) is 19.7. The Morgan fingerprint density at radius 1 is 1.03 bits per heavy atom. The summed E-state index contributed by atoms with van der Waals surface area (Å²) in [4.78, 5) is 23.9. The van der Waals surface area contributed by atoms with E-state index in [1.165, 1.54) is 0 Å². The van der Waals surface area contributed by atoms with E-state index in [1.807, 2.05) is 60.7 Å². The van der Waals surface area contributed by atoms with Crippen LogP contribution in [0.1, 0.15) is 63.5 Å². The second-order valence-corrected chi connectivity index (χ2v) is 9.57. The van der Waals surface area contributed by atoms with Crippen molar-refractivity contribution in [3.8, 4) is 6.07 Å². The third kappa shape index (κ3) is 6.01. The maximum atomic E-state index is 13.1. The van der Waals surface area contributed by atoms with Crippen molar-refractivity contribution in [3.63, 3.8) is 0 Å². The highest BCUT2D eigenvalue weighted by Crippen LogP contribution is 2.38. The highest BCUT2D eigenvalue weighted by molar-refractivity contribution is 5.75. The Hall–Kier alpha value is -3.13. The fraction of sp³-hybridized carbons (Fsp3) is 0.464. The van der Waals surface area contributed by atoms with E-state index >= 15 is 0 Å². The summed E-state index contributed by atoms with van der Waals surface area (Å²) < 4.78 is 0. The SMILES string of the molecule is CC(C)C[C@H](NC(=O)NC1CCC(CC=O)CC1)C(C#N)(c1ccccc1)c1ccccc1. The Kier molecular flexibility index (Phi) is 8.65. The third-order valence-corrected chi connectivity index (χ3v) is 6.78. The van der Waals surface area contributed by atoms with Crippen LogP contribution < -0.4 is 10.6 Å². The van der Waals surface area contributed by atoms with Gasteiger partial charge in [-0.15, -0.1) is 0 Å². The number of nitriles is 1. The molecule has 1 fully saturated rings. The van der Waals surface area contributed by atoms with Gasteiger partial charge in [0.15, 0.2) is 0 Å². The summed E-state index contributed by atoms with van der Waals surface area (Å²) in [6, 6.07) is 21.6. The van der Waals surface area contributed by atoms with Gasteiger partial charge in [-0.05, 0) is 55.1 Å². The lowest BCUT2D eigenvalue weighted by atomic mass is 9.68. The Bertz CT molecular complexity index is 889. The molecule has 5 nitrogen and oxygen atoms in total. The van der Waals surface area contributed by atoms with Crippen LogP contribution in [0, 0.1) is 23.2 Å². The smallest absolute Gasteiger partial charge is 0.315 e. The number of hydrogen-bond donors (Lipinski definition) is 2. The number of carbonyl (C=O) groups excluding carboxylic acids is 2. The van der Waals surface area contributed by atoms with Gasteiger partial charge in [-0.2, -0.15) is 5.26 Å². The van der Waals surface area contributed by atoms with Crippen LogP contribution in [0.3, 0.4) is 0 Å². The normalized spacial score (nSPS) is 19.3. The summed E-state index contributed by atoms with van der Waals surface area (Å²) in [6.07, 6.45) is 5.93. The topological polar surface area (TPSA) is 82.0 Å². The number of rotatable bonds is 9. The quantitative estimate of drug-likeness (QED) is 0.510. The molecular weight excluding hydrogens is 410 g/mol. The molecule has 0 spiro atoms. The van der Waals surface area contributed by atoms with Gasteiger partial charge < -0.3 is 15.4 Å². The molecule has 33 heavy (non-hydrogen) atoms. The van der Waals surface area contributed by atoms with E-state index < -0.39 is 11.5 Å². The molecule has 0 unspecified atom stereocenters. The van der Waals surface area contributed by atoms with E-state index in [2.05, 4.69) is 30.6 Å². The number of nitrogens with zero attached hydrogens (tertiary/aromatic N) is 1. The van der Waals surface area contributed by atoms with E-state index in [0.717, 1.165) is 43.1 Å². The predicted molar refractivity (Wildman–Crippen MR) is 131 cm³/mol. The van der Waals surface area contributed by atoms with Crippen molar-refractivity contribution >= 4 is 12.3 Å². The minimum atomic E-state index is -1.01. The van der Waals surface area contributed by atoms with Crippen LogP contribution in [0.25, 0.3) is 0 Å². The first-order valence-corrected chi connectivity index (χ1v) is 12.0. The van der Waals surface area contributed by atoms with Crippen LogP contribution in [0.2, 0.25) is 0 Å². The third-order valence-electron chi connectivity index (χ3n) is 6.78. The summed E-state index contributed by atoms with van der Waals surface area (Å²) in [5, 5.41) is 17.0. The van der Waals surface area contributed by atoms with Crippen LogP contribution in [-0.2, 0) is 10.2 Å². The molecule has 3 rings (SSSR count). The lowest BCUT2D eigenvalue weighted by molar-refractivity contribution is -0.108. The molecule has 1 aliphatic carbocycles. The number of benzene rings is 2. The molecule has 1 atom stereocenters. The van der Waals surface area contributed by atoms with Gasteiger partial charge in [0, 0.05) is 12.5 Å². The molecule has 0 heterocycles. The van der Waals surface area contributed by atoms with Crippen LogP contribution in [0.5, 0.6) is 0 Å². The maximum absolute atomic E-state index is 13.1. The van der Waals surface area contributed by atoms with E-state index in [4.69, 9.17) is 0 Å². The average molecular weight is 446 g/mol. The molecular formula is C28H35N3O2. The van der Waals surface area contributed by atoms with Gasteiger partial charge >= 0.3 is 6.03 Å². The first-order chi connectivity index (χ1) is 16.0. The van der Waals surface area contributed by atoms with Gasteiger partial charge in [0.2, 0.25) is 0 Å². The van der Waals surface area contributed by atoms with E-state index in [-0.39, 0.29) is 18.0 Å². The maximum Gasteiger partial charge on any atom is 0.315 e. The van der Waals surface area contributed by atoms with E-state index in [9.17, 15) is 14.9 Å². The Balaban J connectivity index is 1.86. The van der Waals surface area contributed by atoms with Crippen molar-refractivity contribution in [1.29, 1.82) is 5.26 Å². The first kappa shape index (κ1) is 24.5. The number of carbonyl (C=O) groups is 2. The lowest BCUT2D eigenvalue weighted by Gasteiger charge is -2.38. The fourth-order valence-corrected chi connectivity index (χ4v) is 5.06. The summed E-state index contributed by atoms with van der Waals surface area (Å²) in [7, 11) is 0. The molecule has 2 N–H and O–H groups in total. The number of hydrogen-bond acceptors (Lipinski definition) is 3. The molecule has 1 aliphatic rings. The molecule has 0 saturated heterocycles. The molecule has 5 heteroatoms. The second-order valence-electron chi connectivity index (χ2n) is 9.57. The van der Waals surface area contributed by atoms with Crippen molar-refractivity contribution in [2.45, 2.75) is 69.9 Å². The molecule has 1 saturated carbocycles. The molecule has 2 aromatic carbocycles. The Labute approximate surface area is 197 Å². The van der Waals surface area contributed by atoms with Crippen LogP contribution in [-0.4, -0.2) is 24.4 Å². The minimum absolute atomic E-state index is 0.0949. The van der Waals surface area contributed by atoms with Crippen LogP contribution >= 0.6 is 0 Å². The van der Waals surface area contributed by atoms with Gasteiger partial charge in [-0.25, -0.2) is 4.79 Å². The van der Waals surface area contributed by atoms with E-state index in [0.29, 0.717) is 18.8 Å². The summed E-state index contributed by atoms with van der Waals surface area (Å²) in [5.74, 6) is 0.717. The number of nitrogens with one attached hydrogen (secondary N) is 2. The monoisotopic (exact) mass is 445 g/mol. The molecule has 0 bridgehead atoms. The number of aldehydes is 1. The number of urea groups is 1. The van der Waals surface area contributed by atoms with Gasteiger partial charge in [-0.1, -0.05) is 74.5 Å². The highest BCUT2D eigenvalue weighted by atomic mass is 16.2. The van der Waals surface area contributed by atoms with Crippen molar-refractivity contribution in [2.24, 2.45) is 11.8 Å². The van der Waals surface area contributed by atoms with Crippen molar-refractivity contribution in [2.75, 3.05) is 0 Å². The van der Waals surface area contributed by atoms with Gasteiger partial charge in [0.25, 0.3) is 0 Å². The fourth-order valence-electron chi connectivity index (χ4n) is 5.06. The Morgan fingerprint density at radius 3 is 2.03 bits per heavy atom. The standard InChI is InChI=1S/C28H35N3O2/c1-21(2)19-26(31-27(33)30-25-15-13-22(14-16-25)17-18-32)28(20-29,23-9-5-3-6-10-23)24-11-7-4-8-12-24/h3-12,18,21-22,25-26H,13-17,19H2,1-2H3,(H2,30,31,33)/t22?,25?,26-/m0/s1. The summed E-state index contributed by atoms with van der Waals surface area (Å²) in [6.45, 7) is 4.22. The summed E-state index contributed by atoms with van der Waals surface area (Å²) in [5.41, 5.74) is 0.740. The van der Waals surface area contributed by atoms with Crippen LogP contribution in [0.15, 0.2) is 60.7 Å². The highest BCUT2D eigenvalue weighted by Gasteiger charge is 2.44. The molecule has 0 aliphatic heterocycles. The summed E-state index contributed by atoms with van der Waals surface area (Å²) >= 11 is 0. The average Bonchev–Trinajstić information content (AvgIpc) is 2.82. The van der Waals surface area contributed by atoms with Gasteiger partial charge in [-0.3, -0.25) is 0 Å². The lowest BCUT2D eigenvalue weighted by Crippen LogP contribution is -2.55. The second kappa shape index (κ2) is 11.7. The molecule has 0 aromatic heterocycles. The van der Waals surface area contributed by atoms with Crippen molar-refractivity contribution in [1.82, 2.24) is 10.6 Å². The molecule has 0 radical (unpaired) electrons. The van der Waals surface area contributed by atoms with Gasteiger partial charge in [0.05, 0.1) is 12.1 Å². The van der Waals surface area contributed by atoms with Gasteiger partial charge in [0.1, 0.15) is 11.7 Å². The zero-order chi connectivity index (χ0) is 23.7. The molecule has 2 amide bonds. The zero-order valence-electron chi connectivity index (χ0n) is 19.7. The number of amides is 2.